The van der Waals surface area contributed by atoms with E-state index in [2.05, 4.69) is 189 Å². The Morgan fingerprint density at radius 1 is 0.426 bits per heavy atom. The lowest BCUT2D eigenvalue weighted by atomic mass is 9.87. The third-order valence-electron chi connectivity index (χ3n) is 9.60. The van der Waals surface area contributed by atoms with Crippen molar-refractivity contribution >= 4 is 32.7 Å². The standard InChI is InChI=1S/C47H36/c1-33-13-3-2-4-18-44(38-27-25-36(26-28-38)42-23-11-16-34-14-5-7-19-40(34)42)45-21-9-10-22-46(45)47(33)39-31-29-37(30-32-39)43-24-12-17-35-15-6-8-20-41(35)43/h2-17,19-33H,18H2,1H3/b4-2-,13-3-,45-44+,47-46+. The molecule has 0 heterocycles. The van der Waals surface area contributed by atoms with Crippen LogP contribution in [0.2, 0.25) is 0 Å². The summed E-state index contributed by atoms with van der Waals surface area (Å²) < 4.78 is 0. The molecule has 224 valence electrons. The Morgan fingerprint density at radius 2 is 0.915 bits per heavy atom. The Balaban J connectivity index is 1.28. The van der Waals surface area contributed by atoms with Crippen LogP contribution in [0.3, 0.4) is 0 Å². The molecule has 0 saturated heterocycles. The number of benzene rings is 7. The van der Waals surface area contributed by atoms with Crippen LogP contribution in [0.15, 0.2) is 182 Å². The van der Waals surface area contributed by atoms with Gasteiger partial charge in [-0.2, -0.15) is 0 Å². The molecule has 0 N–H and O–H groups in total. The van der Waals surface area contributed by atoms with Gasteiger partial charge in [-0.1, -0.05) is 189 Å². The van der Waals surface area contributed by atoms with E-state index in [9.17, 15) is 0 Å². The average molecular weight is 601 g/mol. The molecule has 1 aliphatic carbocycles. The molecule has 0 saturated carbocycles. The van der Waals surface area contributed by atoms with E-state index in [0.717, 1.165) is 6.42 Å². The number of rotatable bonds is 4. The first-order chi connectivity index (χ1) is 23.2. The third kappa shape index (κ3) is 5.53. The number of hydrogen-bond acceptors (Lipinski definition) is 0. The van der Waals surface area contributed by atoms with Crippen molar-refractivity contribution in [3.05, 3.63) is 204 Å². The molecule has 0 bridgehead atoms. The molecule has 1 aliphatic rings. The van der Waals surface area contributed by atoms with Gasteiger partial charge in [-0.25, -0.2) is 0 Å². The summed E-state index contributed by atoms with van der Waals surface area (Å²) in [5.74, 6) is 0.234. The van der Waals surface area contributed by atoms with Crippen molar-refractivity contribution in [3.8, 4) is 22.3 Å². The minimum Gasteiger partial charge on any atom is -0.0801 e. The maximum atomic E-state index is 2.32. The van der Waals surface area contributed by atoms with E-state index in [-0.39, 0.29) is 5.92 Å². The van der Waals surface area contributed by atoms with Crippen LogP contribution in [-0.2, 0) is 0 Å². The molecule has 7 aromatic rings. The van der Waals surface area contributed by atoms with Crippen molar-refractivity contribution in [2.24, 2.45) is 5.92 Å². The molecular formula is C47H36. The fourth-order valence-electron chi connectivity index (χ4n) is 7.25. The first-order valence-electron chi connectivity index (χ1n) is 16.6. The van der Waals surface area contributed by atoms with Crippen molar-refractivity contribution in [1.29, 1.82) is 0 Å². The molecule has 7 aromatic carbocycles. The van der Waals surface area contributed by atoms with E-state index in [1.807, 2.05) is 0 Å². The Kier molecular flexibility index (Phi) is 7.69. The molecule has 0 spiro atoms. The van der Waals surface area contributed by atoms with Gasteiger partial charge in [-0.15, -0.1) is 0 Å². The zero-order valence-corrected chi connectivity index (χ0v) is 26.6. The van der Waals surface area contributed by atoms with Gasteiger partial charge in [0.25, 0.3) is 0 Å². The maximum Gasteiger partial charge on any atom is 0.000477 e. The highest BCUT2D eigenvalue weighted by Gasteiger charge is 2.14. The van der Waals surface area contributed by atoms with E-state index in [1.54, 1.807) is 0 Å². The Hall–Kier alpha value is -5.72. The molecule has 0 amide bonds. The zero-order valence-electron chi connectivity index (χ0n) is 26.6. The second-order valence-corrected chi connectivity index (χ2v) is 12.5. The summed E-state index contributed by atoms with van der Waals surface area (Å²) in [5.41, 5.74) is 10.2. The van der Waals surface area contributed by atoms with Crippen molar-refractivity contribution in [3.63, 3.8) is 0 Å². The molecule has 0 nitrogen and oxygen atoms in total. The van der Waals surface area contributed by atoms with Crippen molar-refractivity contribution < 1.29 is 0 Å². The van der Waals surface area contributed by atoms with Crippen molar-refractivity contribution in [1.82, 2.24) is 0 Å². The lowest BCUT2D eigenvalue weighted by Crippen LogP contribution is -2.31. The summed E-state index contributed by atoms with van der Waals surface area (Å²) in [4.78, 5) is 0. The number of allylic oxidation sites excluding steroid dienone is 4. The first kappa shape index (κ1) is 28.7. The minimum absolute atomic E-state index is 0.234. The Labute approximate surface area is 277 Å². The summed E-state index contributed by atoms with van der Waals surface area (Å²) in [5, 5.41) is 7.70. The molecular weight excluding hydrogens is 565 g/mol. The number of hydrogen-bond donors (Lipinski definition) is 0. The van der Waals surface area contributed by atoms with Gasteiger partial charge in [0.2, 0.25) is 0 Å². The largest absolute Gasteiger partial charge is 0.0801 e. The van der Waals surface area contributed by atoms with E-state index in [0.29, 0.717) is 0 Å². The molecule has 1 unspecified atom stereocenters. The van der Waals surface area contributed by atoms with Crippen LogP contribution in [-0.4, -0.2) is 0 Å². The van der Waals surface area contributed by atoms with Gasteiger partial charge < -0.3 is 0 Å². The Bertz CT molecular complexity index is 2410. The highest BCUT2D eigenvalue weighted by molar-refractivity contribution is 5.97. The SMILES string of the molecule is CC1/C=C\C=C/C/C(c2ccc(-c3cccc4ccccc34)cc2)=c2/cccc/c2=C/1c1ccc(-c2cccc3ccccc23)cc1. The average Bonchev–Trinajstić information content (AvgIpc) is 3.13. The van der Waals surface area contributed by atoms with Gasteiger partial charge in [0.15, 0.2) is 0 Å². The van der Waals surface area contributed by atoms with Gasteiger partial charge >= 0.3 is 0 Å². The molecule has 0 aliphatic heterocycles. The summed E-state index contributed by atoms with van der Waals surface area (Å²) in [7, 11) is 0. The van der Waals surface area contributed by atoms with E-state index < -0.39 is 0 Å². The predicted molar refractivity (Wildman–Crippen MR) is 202 cm³/mol. The van der Waals surface area contributed by atoms with Gasteiger partial charge in [-0.3, -0.25) is 0 Å². The van der Waals surface area contributed by atoms with Gasteiger partial charge in [-0.05, 0) is 82.9 Å². The van der Waals surface area contributed by atoms with Crippen LogP contribution < -0.4 is 10.4 Å². The first-order valence-corrected chi connectivity index (χ1v) is 16.6. The van der Waals surface area contributed by atoms with Crippen LogP contribution in [0.4, 0.5) is 0 Å². The molecule has 0 radical (unpaired) electrons. The van der Waals surface area contributed by atoms with Crippen LogP contribution in [0.1, 0.15) is 24.5 Å². The molecule has 47 heavy (non-hydrogen) atoms. The van der Waals surface area contributed by atoms with Crippen LogP contribution in [0.25, 0.3) is 54.9 Å². The zero-order chi connectivity index (χ0) is 31.6. The summed E-state index contributed by atoms with van der Waals surface area (Å²) >= 11 is 0. The van der Waals surface area contributed by atoms with Crippen molar-refractivity contribution in [2.75, 3.05) is 0 Å². The fraction of sp³-hybridized carbons (Fsp3) is 0.0638. The van der Waals surface area contributed by atoms with Crippen LogP contribution in [0, 0.1) is 5.92 Å². The monoisotopic (exact) mass is 600 g/mol. The second-order valence-electron chi connectivity index (χ2n) is 12.5. The molecule has 0 fully saturated rings. The summed E-state index contributed by atoms with van der Waals surface area (Å²) in [6, 6.07) is 57.8. The quantitative estimate of drug-likeness (QED) is 0.189. The highest BCUT2D eigenvalue weighted by atomic mass is 14.2. The Morgan fingerprint density at radius 3 is 1.53 bits per heavy atom. The summed E-state index contributed by atoms with van der Waals surface area (Å²) in [6.45, 7) is 2.31. The molecule has 0 aromatic heterocycles. The van der Waals surface area contributed by atoms with Crippen LogP contribution >= 0.6 is 0 Å². The topological polar surface area (TPSA) is 0 Å². The molecule has 8 rings (SSSR count). The predicted octanol–water partition coefficient (Wildman–Crippen LogP) is 10.9. The fourth-order valence-corrected chi connectivity index (χ4v) is 7.25. The van der Waals surface area contributed by atoms with Gasteiger partial charge in [0.1, 0.15) is 0 Å². The highest BCUT2D eigenvalue weighted by Crippen LogP contribution is 2.32. The molecule has 0 heteroatoms. The number of fused-ring (bicyclic) bond motifs is 3. The van der Waals surface area contributed by atoms with Gasteiger partial charge in [0, 0.05) is 5.92 Å². The van der Waals surface area contributed by atoms with E-state index >= 15 is 0 Å². The summed E-state index contributed by atoms with van der Waals surface area (Å²) in [6.07, 6.45) is 9.89. The van der Waals surface area contributed by atoms with E-state index in [4.69, 9.17) is 0 Å². The lowest BCUT2D eigenvalue weighted by Gasteiger charge is -2.17. The second kappa shape index (κ2) is 12.6. The normalized spacial score (nSPS) is 18.4. The minimum atomic E-state index is 0.234. The third-order valence-corrected chi connectivity index (χ3v) is 9.60. The molecule has 1 atom stereocenters. The lowest BCUT2D eigenvalue weighted by molar-refractivity contribution is 0.954. The van der Waals surface area contributed by atoms with Crippen molar-refractivity contribution in [2.45, 2.75) is 13.3 Å². The van der Waals surface area contributed by atoms with Gasteiger partial charge in [0.05, 0.1) is 0 Å². The van der Waals surface area contributed by atoms with E-state index in [1.165, 1.54) is 76.5 Å². The maximum absolute atomic E-state index is 2.32. The van der Waals surface area contributed by atoms with Crippen LogP contribution in [0.5, 0.6) is 0 Å². The smallest absolute Gasteiger partial charge is 0.000477 e.